The summed E-state index contributed by atoms with van der Waals surface area (Å²) in [5.41, 5.74) is 0. The van der Waals surface area contributed by atoms with E-state index < -0.39 is 97.5 Å². The summed E-state index contributed by atoms with van der Waals surface area (Å²) >= 11 is 0. The first-order chi connectivity index (χ1) is 40.9. The second-order valence-electron chi connectivity index (χ2n) is 24.1. The van der Waals surface area contributed by atoms with E-state index in [1.54, 1.807) is 0 Å². The Hall–Kier alpha value is -2.46. The first-order valence-electron chi connectivity index (χ1n) is 33.8. The molecule has 17 nitrogen and oxygen atoms in total. The van der Waals surface area contributed by atoms with Gasteiger partial charge in [-0.25, -0.2) is 9.13 Å². The van der Waals surface area contributed by atoms with E-state index >= 15 is 0 Å². The number of aliphatic hydroxyl groups is 1. The Morgan fingerprint density at radius 2 is 0.635 bits per heavy atom. The van der Waals surface area contributed by atoms with E-state index in [4.69, 9.17) is 37.0 Å². The molecule has 0 fully saturated rings. The van der Waals surface area contributed by atoms with Crippen LogP contribution in [0.15, 0.2) is 24.3 Å². The van der Waals surface area contributed by atoms with Crippen molar-refractivity contribution in [1.82, 2.24) is 0 Å². The fraction of sp³-hybridized carbons (Fsp3) is 0.879. The fourth-order valence-electron chi connectivity index (χ4n) is 9.34. The van der Waals surface area contributed by atoms with Gasteiger partial charge in [-0.2, -0.15) is 0 Å². The van der Waals surface area contributed by atoms with Crippen LogP contribution in [0.25, 0.3) is 0 Å². The fourth-order valence-corrected chi connectivity index (χ4v) is 10.9. The third-order valence-electron chi connectivity index (χ3n) is 14.6. The lowest BCUT2D eigenvalue weighted by atomic mass is 10.0. The zero-order chi connectivity index (χ0) is 62.9. The third-order valence-corrected chi connectivity index (χ3v) is 16.5. The molecule has 0 heterocycles. The van der Waals surface area contributed by atoms with Crippen molar-refractivity contribution in [3.8, 4) is 0 Å². The average molecular weight is 1250 g/mol. The molecule has 0 aliphatic carbocycles. The number of esters is 4. The minimum atomic E-state index is -4.96. The average Bonchev–Trinajstić information content (AvgIpc) is 3.47. The summed E-state index contributed by atoms with van der Waals surface area (Å²) in [5.74, 6) is -0.718. The molecule has 0 spiro atoms. The molecular weight excluding hydrogens is 1130 g/mol. The summed E-state index contributed by atoms with van der Waals surface area (Å²) in [6.45, 7) is 9.33. The van der Waals surface area contributed by atoms with Crippen molar-refractivity contribution in [2.75, 3.05) is 39.6 Å². The van der Waals surface area contributed by atoms with E-state index in [9.17, 15) is 43.2 Å². The highest BCUT2D eigenvalue weighted by Gasteiger charge is 2.30. The maximum Gasteiger partial charge on any atom is 0.472 e. The quantitative estimate of drug-likeness (QED) is 0.0169. The number of phosphoric acid groups is 2. The van der Waals surface area contributed by atoms with Gasteiger partial charge in [-0.1, -0.05) is 252 Å². The molecule has 0 aromatic rings. The van der Waals surface area contributed by atoms with Crippen LogP contribution in [-0.2, 0) is 65.4 Å². The molecule has 3 N–H and O–H groups in total. The molecule has 19 heteroatoms. The van der Waals surface area contributed by atoms with Crippen molar-refractivity contribution in [2.45, 2.75) is 323 Å². The van der Waals surface area contributed by atoms with Gasteiger partial charge in [0, 0.05) is 25.7 Å². The molecule has 0 aliphatic rings. The Balaban J connectivity index is 5.26. The SMILES string of the molecule is CCCCCC/C=C\C=C/CCCCCCCC(=O)O[C@H](COC(=O)CCCCCCCCCCCCC(C)C)COP(=O)(O)OC[C@@H](O)COP(=O)(O)OC[C@@H](COC(=O)CCCCCCCCC)OC(=O)CCCCCCCCCC(C)C. The molecular formula is C66H124O17P2. The lowest BCUT2D eigenvalue weighted by Gasteiger charge is -2.21. The van der Waals surface area contributed by atoms with Gasteiger partial charge in [0.1, 0.15) is 19.3 Å². The summed E-state index contributed by atoms with van der Waals surface area (Å²) < 4.78 is 67.9. The van der Waals surface area contributed by atoms with Crippen molar-refractivity contribution in [3.63, 3.8) is 0 Å². The van der Waals surface area contributed by atoms with Gasteiger partial charge in [0.15, 0.2) is 12.2 Å². The van der Waals surface area contributed by atoms with E-state index in [0.717, 1.165) is 121 Å². The van der Waals surface area contributed by atoms with E-state index in [-0.39, 0.29) is 25.7 Å². The number of hydrogen-bond acceptors (Lipinski definition) is 15. The minimum absolute atomic E-state index is 0.0844. The van der Waals surface area contributed by atoms with Crippen LogP contribution in [-0.4, -0.2) is 96.7 Å². The van der Waals surface area contributed by atoms with E-state index in [0.29, 0.717) is 31.6 Å². The maximum atomic E-state index is 13.0. The highest BCUT2D eigenvalue weighted by molar-refractivity contribution is 7.47. The van der Waals surface area contributed by atoms with Gasteiger partial charge in [-0.05, 0) is 63.2 Å². The Morgan fingerprint density at radius 3 is 0.965 bits per heavy atom. The number of phosphoric ester groups is 2. The van der Waals surface area contributed by atoms with Crippen LogP contribution in [0.4, 0.5) is 0 Å². The Kier molecular flexibility index (Phi) is 56.3. The zero-order valence-electron chi connectivity index (χ0n) is 54.4. The number of carbonyl (C=O) groups is 4. The van der Waals surface area contributed by atoms with Crippen LogP contribution in [0.1, 0.15) is 305 Å². The van der Waals surface area contributed by atoms with E-state index in [2.05, 4.69) is 65.8 Å². The number of allylic oxidation sites excluding steroid dienone is 4. The van der Waals surface area contributed by atoms with Gasteiger partial charge >= 0.3 is 39.5 Å². The first kappa shape index (κ1) is 82.5. The highest BCUT2D eigenvalue weighted by atomic mass is 31.2. The molecule has 2 unspecified atom stereocenters. The largest absolute Gasteiger partial charge is 0.472 e. The summed E-state index contributed by atoms with van der Waals surface area (Å²) in [5, 5.41) is 10.5. The number of carbonyl (C=O) groups excluding carboxylic acids is 4. The Bertz CT molecular complexity index is 1760. The van der Waals surface area contributed by atoms with Crippen molar-refractivity contribution in [2.24, 2.45) is 11.8 Å². The standard InChI is InChI=1S/C66H124O17P2/c1-7-9-11-13-15-16-17-18-19-20-21-26-32-38-44-50-65(70)82-62(55-77-64(69)49-43-37-31-25-23-22-24-29-34-40-46-58(3)4)57-81-85(74,75)79-53-60(67)52-78-84(72,73)80-56-61(54-76-63(68)48-42-36-28-14-12-10-8-2)83-66(71)51-45-39-33-27-30-35-41-47-59(5)6/h16-19,58-62,67H,7-15,20-57H2,1-6H3,(H,72,73)(H,74,75)/b17-16-,19-18-/t60-,61+,62+/m0/s1. The number of unbranched alkanes of at least 4 members (excludes halogenated alkanes) is 30. The van der Waals surface area contributed by atoms with Crippen molar-refractivity contribution < 1.29 is 80.2 Å². The van der Waals surface area contributed by atoms with Crippen molar-refractivity contribution >= 4 is 39.5 Å². The molecule has 0 radical (unpaired) electrons. The molecule has 0 bridgehead atoms. The summed E-state index contributed by atoms with van der Waals surface area (Å²) in [6.07, 6.45) is 44.1. The number of hydrogen-bond donors (Lipinski definition) is 3. The van der Waals surface area contributed by atoms with E-state index in [1.807, 2.05) is 0 Å². The Labute approximate surface area is 516 Å². The van der Waals surface area contributed by atoms with Crippen LogP contribution in [0.3, 0.4) is 0 Å². The Morgan fingerprint density at radius 1 is 0.365 bits per heavy atom. The number of rotatable bonds is 63. The minimum Gasteiger partial charge on any atom is -0.462 e. The van der Waals surface area contributed by atoms with E-state index in [1.165, 1.54) is 96.3 Å². The van der Waals surface area contributed by atoms with Crippen molar-refractivity contribution in [1.29, 1.82) is 0 Å². The van der Waals surface area contributed by atoms with Crippen LogP contribution >= 0.6 is 15.6 Å². The van der Waals surface area contributed by atoms with Crippen LogP contribution in [0, 0.1) is 11.8 Å². The van der Waals surface area contributed by atoms with Gasteiger partial charge in [-0.15, -0.1) is 0 Å². The molecule has 500 valence electrons. The summed E-state index contributed by atoms with van der Waals surface area (Å²) in [6, 6.07) is 0. The smallest absolute Gasteiger partial charge is 0.462 e. The summed E-state index contributed by atoms with van der Waals surface area (Å²) in [7, 11) is -9.90. The number of aliphatic hydroxyl groups excluding tert-OH is 1. The molecule has 0 aromatic carbocycles. The second-order valence-corrected chi connectivity index (χ2v) is 27.0. The normalized spacial score (nSPS) is 14.4. The molecule has 0 saturated heterocycles. The van der Waals surface area contributed by atoms with Gasteiger partial charge in [0.25, 0.3) is 0 Å². The van der Waals surface area contributed by atoms with Crippen LogP contribution < -0.4 is 0 Å². The van der Waals surface area contributed by atoms with Gasteiger partial charge in [0.2, 0.25) is 0 Å². The highest BCUT2D eigenvalue weighted by Crippen LogP contribution is 2.45. The predicted octanol–water partition coefficient (Wildman–Crippen LogP) is 18.0. The molecule has 0 aliphatic heterocycles. The second kappa shape index (κ2) is 57.9. The first-order valence-corrected chi connectivity index (χ1v) is 36.8. The summed E-state index contributed by atoms with van der Waals surface area (Å²) in [4.78, 5) is 72.2. The third kappa shape index (κ3) is 60.2. The predicted molar refractivity (Wildman–Crippen MR) is 340 cm³/mol. The molecule has 0 rings (SSSR count). The lowest BCUT2D eigenvalue weighted by Crippen LogP contribution is -2.30. The molecule has 0 aromatic heterocycles. The molecule has 5 atom stereocenters. The molecule has 0 saturated carbocycles. The van der Waals surface area contributed by atoms with Gasteiger partial charge in [-0.3, -0.25) is 37.3 Å². The topological polar surface area (TPSA) is 237 Å². The van der Waals surface area contributed by atoms with Crippen molar-refractivity contribution in [3.05, 3.63) is 24.3 Å². The van der Waals surface area contributed by atoms with Gasteiger partial charge in [0.05, 0.1) is 26.4 Å². The monoisotopic (exact) mass is 1250 g/mol. The number of ether oxygens (including phenoxy) is 4. The van der Waals surface area contributed by atoms with Crippen LogP contribution in [0.5, 0.6) is 0 Å². The molecule has 0 amide bonds. The zero-order valence-corrected chi connectivity index (χ0v) is 56.2. The van der Waals surface area contributed by atoms with Gasteiger partial charge < -0.3 is 33.8 Å². The maximum absolute atomic E-state index is 13.0. The van der Waals surface area contributed by atoms with Crippen LogP contribution in [0.2, 0.25) is 0 Å². The molecule has 85 heavy (non-hydrogen) atoms. The lowest BCUT2D eigenvalue weighted by molar-refractivity contribution is -0.161.